The van der Waals surface area contributed by atoms with E-state index in [1.165, 1.54) is 0 Å². The number of hydrogen-bond acceptors (Lipinski definition) is 5. The molecule has 0 bridgehead atoms. The lowest BCUT2D eigenvalue weighted by molar-refractivity contribution is -0.228. The van der Waals surface area contributed by atoms with E-state index >= 15 is 0 Å². The molecule has 5 nitrogen and oxygen atoms in total. The van der Waals surface area contributed by atoms with Crippen molar-refractivity contribution in [3.05, 3.63) is 0 Å². The Bertz CT molecular complexity index is 306. The van der Waals surface area contributed by atoms with Crippen molar-refractivity contribution in [2.75, 3.05) is 32.6 Å². The first-order valence-electron chi connectivity index (χ1n) is 6.83. The molecule has 2 fully saturated rings. The molecule has 0 spiro atoms. The molecule has 4 unspecified atom stereocenters. The molecule has 0 amide bonds. The van der Waals surface area contributed by atoms with Crippen LogP contribution < -0.4 is 0 Å². The zero-order chi connectivity index (χ0) is 14.0. The lowest BCUT2D eigenvalue weighted by Gasteiger charge is -2.27. The third-order valence-electron chi connectivity index (χ3n) is 3.63. The first-order chi connectivity index (χ1) is 9.00. The Morgan fingerprint density at radius 2 is 1.90 bits per heavy atom. The molecule has 2 saturated heterocycles. The Balaban J connectivity index is 0.00000200. The number of alkyl halides is 1. The highest BCUT2D eigenvalue weighted by Crippen LogP contribution is 2.39. The molecule has 0 aromatic rings. The molecular weight excluding hydrogens is 305 g/mol. The molecule has 2 aliphatic rings. The van der Waals surface area contributed by atoms with Crippen LogP contribution in [-0.4, -0.2) is 67.9 Å². The largest absolute Gasteiger partial charge is 0.353 e. The summed E-state index contributed by atoms with van der Waals surface area (Å²) in [4.78, 5) is 2.25. The highest BCUT2D eigenvalue weighted by atomic mass is 35.5. The molecule has 4 atom stereocenters. The van der Waals surface area contributed by atoms with Gasteiger partial charge >= 0.3 is 0 Å². The Labute approximate surface area is 132 Å². The fraction of sp³-hybridized carbons (Fsp3) is 1.00. The molecule has 120 valence electrons. The monoisotopic (exact) mass is 329 g/mol. The molecule has 20 heavy (non-hydrogen) atoms. The average Bonchev–Trinajstić information content (AvgIpc) is 2.83. The quantitative estimate of drug-likeness (QED) is 0.695. The van der Waals surface area contributed by atoms with Gasteiger partial charge in [-0.2, -0.15) is 0 Å². The normalized spacial score (nSPS) is 35.1. The van der Waals surface area contributed by atoms with Gasteiger partial charge in [0.05, 0.1) is 0 Å². The zero-order valence-electron chi connectivity index (χ0n) is 12.5. The van der Waals surface area contributed by atoms with Crippen LogP contribution in [0.3, 0.4) is 0 Å². The van der Waals surface area contributed by atoms with Gasteiger partial charge in [0.25, 0.3) is 0 Å². The molecule has 0 aromatic carbocycles. The lowest BCUT2D eigenvalue weighted by Crippen LogP contribution is -2.40. The smallest absolute Gasteiger partial charge is 0.186 e. The van der Waals surface area contributed by atoms with Gasteiger partial charge in [0.15, 0.2) is 12.1 Å². The number of methoxy groups -OCH3 is 1. The van der Waals surface area contributed by atoms with E-state index in [1.54, 1.807) is 7.11 Å². The molecule has 2 heterocycles. The average molecular weight is 330 g/mol. The van der Waals surface area contributed by atoms with Crippen LogP contribution in [0.1, 0.15) is 20.8 Å². The topological polar surface area (TPSA) is 40.2 Å². The van der Waals surface area contributed by atoms with Crippen LogP contribution in [0.15, 0.2) is 0 Å². The molecular formula is C13H25Cl2NO4. The summed E-state index contributed by atoms with van der Waals surface area (Å²) in [5, 5.41) is 0. The number of ether oxygens (including phenoxy) is 4. The van der Waals surface area contributed by atoms with Gasteiger partial charge < -0.3 is 18.9 Å². The van der Waals surface area contributed by atoms with Crippen molar-refractivity contribution in [1.29, 1.82) is 0 Å². The molecule has 0 aliphatic carbocycles. The predicted octanol–water partition coefficient (Wildman–Crippen LogP) is 1.86. The number of rotatable bonds is 6. The Morgan fingerprint density at radius 3 is 2.45 bits per heavy atom. The van der Waals surface area contributed by atoms with E-state index in [0.717, 1.165) is 19.6 Å². The van der Waals surface area contributed by atoms with Gasteiger partial charge in [-0.1, -0.05) is 6.92 Å². The minimum atomic E-state index is -0.572. The van der Waals surface area contributed by atoms with Crippen molar-refractivity contribution in [3.63, 3.8) is 0 Å². The molecule has 0 N–H and O–H groups in total. The van der Waals surface area contributed by atoms with Crippen molar-refractivity contribution in [2.24, 2.45) is 0 Å². The standard InChI is InChI=1S/C13H24ClNO4.ClH/c1-5-15(7-6-14)8-9-10-11(12(16-4)17-9)19-13(2,3)18-10;/h9-12H,5-8H2,1-4H3;1H. The van der Waals surface area contributed by atoms with E-state index in [2.05, 4.69) is 11.8 Å². The number of fused-ring (bicyclic) bond motifs is 1. The summed E-state index contributed by atoms with van der Waals surface area (Å²) >= 11 is 5.81. The van der Waals surface area contributed by atoms with Crippen LogP contribution in [0.25, 0.3) is 0 Å². The first-order valence-corrected chi connectivity index (χ1v) is 7.36. The second kappa shape index (κ2) is 7.58. The summed E-state index contributed by atoms with van der Waals surface area (Å²) in [6, 6.07) is 0. The molecule has 0 aromatic heterocycles. The number of hydrogen-bond donors (Lipinski definition) is 0. The number of likely N-dealkylation sites (N-methyl/N-ethyl adjacent to an activating group) is 1. The second-order valence-electron chi connectivity index (χ2n) is 5.43. The highest BCUT2D eigenvalue weighted by molar-refractivity contribution is 6.18. The van der Waals surface area contributed by atoms with Gasteiger partial charge in [-0.05, 0) is 20.4 Å². The van der Waals surface area contributed by atoms with Crippen LogP contribution in [0.4, 0.5) is 0 Å². The zero-order valence-corrected chi connectivity index (χ0v) is 14.1. The van der Waals surface area contributed by atoms with Crippen LogP contribution in [-0.2, 0) is 18.9 Å². The van der Waals surface area contributed by atoms with Gasteiger partial charge in [0.1, 0.15) is 18.3 Å². The van der Waals surface area contributed by atoms with Crippen molar-refractivity contribution >= 4 is 24.0 Å². The van der Waals surface area contributed by atoms with Gasteiger partial charge in [0, 0.05) is 26.1 Å². The summed E-state index contributed by atoms with van der Waals surface area (Å²) in [5.41, 5.74) is 0. The van der Waals surface area contributed by atoms with Crippen molar-refractivity contribution in [2.45, 2.75) is 51.2 Å². The van der Waals surface area contributed by atoms with Crippen LogP contribution >= 0.6 is 24.0 Å². The molecule has 0 radical (unpaired) electrons. The second-order valence-corrected chi connectivity index (χ2v) is 5.80. The van der Waals surface area contributed by atoms with Crippen molar-refractivity contribution in [1.82, 2.24) is 4.90 Å². The van der Waals surface area contributed by atoms with Crippen LogP contribution in [0.5, 0.6) is 0 Å². The fourth-order valence-electron chi connectivity index (χ4n) is 2.73. The minimum absolute atomic E-state index is 0. The van der Waals surface area contributed by atoms with Crippen LogP contribution in [0, 0.1) is 0 Å². The van der Waals surface area contributed by atoms with E-state index in [4.69, 9.17) is 30.5 Å². The Morgan fingerprint density at radius 1 is 1.25 bits per heavy atom. The number of nitrogens with zero attached hydrogens (tertiary/aromatic N) is 1. The van der Waals surface area contributed by atoms with Crippen LogP contribution in [0.2, 0.25) is 0 Å². The fourth-order valence-corrected chi connectivity index (χ4v) is 2.97. The molecule has 2 aliphatic heterocycles. The van der Waals surface area contributed by atoms with Gasteiger partial charge in [-0.15, -0.1) is 24.0 Å². The van der Waals surface area contributed by atoms with E-state index in [-0.39, 0.29) is 37.0 Å². The molecule has 7 heteroatoms. The maximum absolute atomic E-state index is 5.95. The molecule has 0 saturated carbocycles. The Hall–Kier alpha value is 0.380. The van der Waals surface area contributed by atoms with Gasteiger partial charge in [0.2, 0.25) is 0 Å². The third-order valence-corrected chi connectivity index (χ3v) is 3.79. The third kappa shape index (κ3) is 3.97. The first kappa shape index (κ1) is 18.4. The SMILES string of the molecule is CCN(CCCl)CC1OC(OC)C2OC(C)(C)OC12.Cl. The summed E-state index contributed by atoms with van der Waals surface area (Å²) in [5.74, 6) is 0.0445. The van der Waals surface area contributed by atoms with Gasteiger partial charge in [-0.25, -0.2) is 0 Å². The van der Waals surface area contributed by atoms with Gasteiger partial charge in [-0.3, -0.25) is 4.90 Å². The van der Waals surface area contributed by atoms with Crippen molar-refractivity contribution < 1.29 is 18.9 Å². The maximum atomic E-state index is 5.95. The maximum Gasteiger partial charge on any atom is 0.186 e. The summed E-state index contributed by atoms with van der Waals surface area (Å²) < 4.78 is 23.1. The molecule has 2 rings (SSSR count). The van der Waals surface area contributed by atoms with E-state index < -0.39 is 5.79 Å². The van der Waals surface area contributed by atoms with E-state index in [1.807, 2.05) is 13.8 Å². The highest BCUT2D eigenvalue weighted by Gasteiger charge is 2.55. The Kier molecular flexibility index (Phi) is 6.99. The number of halogens is 2. The van der Waals surface area contributed by atoms with E-state index in [0.29, 0.717) is 5.88 Å². The minimum Gasteiger partial charge on any atom is -0.353 e. The predicted molar refractivity (Wildman–Crippen MR) is 79.6 cm³/mol. The lowest BCUT2D eigenvalue weighted by atomic mass is 10.1. The summed E-state index contributed by atoms with van der Waals surface area (Å²) in [7, 11) is 1.63. The summed E-state index contributed by atoms with van der Waals surface area (Å²) in [6.45, 7) is 8.52. The van der Waals surface area contributed by atoms with E-state index in [9.17, 15) is 0 Å². The summed E-state index contributed by atoms with van der Waals surface area (Å²) in [6.07, 6.45) is -0.629. The van der Waals surface area contributed by atoms with Crippen molar-refractivity contribution in [3.8, 4) is 0 Å².